The fourth-order valence-electron chi connectivity index (χ4n) is 2.07. The van der Waals surface area contributed by atoms with Crippen LogP contribution < -0.4 is 5.73 Å². The van der Waals surface area contributed by atoms with Gasteiger partial charge in [-0.1, -0.05) is 30.3 Å². The van der Waals surface area contributed by atoms with Gasteiger partial charge in [-0.25, -0.2) is 8.42 Å². The van der Waals surface area contributed by atoms with Crippen molar-refractivity contribution in [3.63, 3.8) is 0 Å². The van der Waals surface area contributed by atoms with Crippen LogP contribution in [0.5, 0.6) is 0 Å². The fraction of sp³-hybridized carbons (Fsp3) is 0.214. The van der Waals surface area contributed by atoms with Crippen LogP contribution in [0.3, 0.4) is 0 Å². The Labute approximate surface area is 116 Å². The number of carbonyl (C=O) groups is 1. The average Bonchev–Trinajstić information content (AvgIpc) is 2.43. The Kier molecular flexibility index (Phi) is 4.06. The first-order valence-corrected chi connectivity index (χ1v) is 7.67. The summed E-state index contributed by atoms with van der Waals surface area (Å²) in [5.74, 6) is -1.37. The van der Waals surface area contributed by atoms with Crippen LogP contribution in [0.25, 0.3) is 10.8 Å². The van der Waals surface area contributed by atoms with E-state index in [1.165, 1.54) is 12.1 Å². The summed E-state index contributed by atoms with van der Waals surface area (Å²) in [5, 5.41) is 9.23. The van der Waals surface area contributed by atoms with Crippen LogP contribution in [0.4, 0.5) is 0 Å². The Morgan fingerprint density at radius 1 is 1.15 bits per heavy atom. The fourth-order valence-corrected chi connectivity index (χ4v) is 3.66. The van der Waals surface area contributed by atoms with Crippen LogP contribution in [-0.4, -0.2) is 31.3 Å². The van der Waals surface area contributed by atoms with E-state index in [4.69, 9.17) is 10.8 Å². The number of hydrogen-bond donors (Lipinski definition) is 2. The minimum Gasteiger partial charge on any atom is -0.480 e. The number of hydrogen-bond acceptors (Lipinski definition) is 4. The summed E-state index contributed by atoms with van der Waals surface area (Å²) in [7, 11) is -3.93. The van der Waals surface area contributed by atoms with Crippen molar-refractivity contribution in [3.05, 3.63) is 42.5 Å². The Bertz CT molecular complexity index is 740. The van der Waals surface area contributed by atoms with Gasteiger partial charge in [0.15, 0.2) is 15.1 Å². The van der Waals surface area contributed by atoms with Gasteiger partial charge in [0.25, 0.3) is 0 Å². The third-order valence-electron chi connectivity index (χ3n) is 3.13. The molecule has 0 aliphatic carbocycles. The van der Waals surface area contributed by atoms with Crippen LogP contribution in [0.2, 0.25) is 0 Å². The highest BCUT2D eigenvalue weighted by molar-refractivity contribution is 7.92. The third-order valence-corrected chi connectivity index (χ3v) is 5.23. The lowest BCUT2D eigenvalue weighted by Gasteiger charge is -2.13. The molecule has 5 nitrogen and oxygen atoms in total. The Balaban J connectivity index is 2.52. The molecule has 1 atom stereocenters. The Morgan fingerprint density at radius 2 is 1.80 bits per heavy atom. The molecule has 0 saturated carbocycles. The summed E-state index contributed by atoms with van der Waals surface area (Å²) in [6.07, 6.45) is -0.107. The summed E-state index contributed by atoms with van der Waals surface area (Å²) in [5.41, 5.74) is 5.30. The number of benzene rings is 2. The van der Waals surface area contributed by atoms with Gasteiger partial charge < -0.3 is 10.8 Å². The predicted octanol–water partition coefficient (Wildman–Crippen LogP) is 1.42. The highest BCUT2D eigenvalue weighted by atomic mass is 32.2. The van der Waals surface area contributed by atoms with Gasteiger partial charge in [0.2, 0.25) is 0 Å². The normalized spacial score (nSPS) is 13.2. The van der Waals surface area contributed by atoms with Crippen LogP contribution in [0, 0.1) is 0 Å². The van der Waals surface area contributed by atoms with Crippen LogP contribution in [0.1, 0.15) is 6.42 Å². The zero-order chi connectivity index (χ0) is 14.8. The first-order valence-electron chi connectivity index (χ1n) is 6.12. The third kappa shape index (κ3) is 2.66. The zero-order valence-electron chi connectivity index (χ0n) is 10.7. The maximum absolute atomic E-state index is 12.4. The number of aliphatic carboxylic acids is 1. The molecule has 106 valence electrons. The molecule has 0 saturated heterocycles. The van der Waals surface area contributed by atoms with Gasteiger partial charge in [0, 0.05) is 0 Å². The van der Waals surface area contributed by atoms with Gasteiger partial charge in [-0.15, -0.1) is 0 Å². The minimum atomic E-state index is -3.93. The number of sulfone groups is 1. The molecular weight excluding hydrogens is 278 g/mol. The van der Waals surface area contributed by atoms with Crippen molar-refractivity contribution in [1.82, 2.24) is 0 Å². The van der Waals surface area contributed by atoms with Gasteiger partial charge in [-0.05, 0) is 35.9 Å². The number of fused-ring (bicyclic) bond motifs is 1. The maximum atomic E-state index is 12.4. The van der Waals surface area contributed by atoms with E-state index in [0.29, 0.717) is 0 Å². The van der Waals surface area contributed by atoms with Crippen molar-refractivity contribution in [2.24, 2.45) is 5.73 Å². The molecule has 2 rings (SSSR count). The zero-order valence-corrected chi connectivity index (χ0v) is 11.5. The van der Waals surface area contributed by atoms with Crippen LogP contribution in [-0.2, 0) is 14.6 Å². The molecule has 6 heteroatoms. The molecule has 0 heterocycles. The number of carboxylic acids is 1. The van der Waals surface area contributed by atoms with Crippen LogP contribution >= 0.6 is 0 Å². The van der Waals surface area contributed by atoms with Gasteiger partial charge in [0.05, 0.1) is 4.90 Å². The SMILES string of the molecule is NCCC(C(=O)O)S(=O)(=O)c1ccc2ccccc2c1. The van der Waals surface area contributed by atoms with E-state index in [1.54, 1.807) is 18.2 Å². The van der Waals surface area contributed by atoms with Crippen molar-refractivity contribution in [1.29, 1.82) is 0 Å². The number of nitrogens with two attached hydrogens (primary N) is 1. The van der Waals surface area contributed by atoms with Gasteiger partial charge >= 0.3 is 5.97 Å². The van der Waals surface area contributed by atoms with E-state index in [2.05, 4.69) is 0 Å². The van der Waals surface area contributed by atoms with E-state index < -0.39 is 21.1 Å². The summed E-state index contributed by atoms with van der Waals surface area (Å²) in [6.45, 7) is 0.00375. The lowest BCUT2D eigenvalue weighted by molar-refractivity contribution is -0.136. The highest BCUT2D eigenvalue weighted by Crippen LogP contribution is 2.23. The highest BCUT2D eigenvalue weighted by Gasteiger charge is 2.33. The lowest BCUT2D eigenvalue weighted by Crippen LogP contribution is -2.32. The average molecular weight is 293 g/mol. The van der Waals surface area contributed by atoms with E-state index >= 15 is 0 Å². The number of rotatable bonds is 5. The molecular formula is C14H15NO4S. The molecule has 0 amide bonds. The summed E-state index contributed by atoms with van der Waals surface area (Å²) >= 11 is 0. The van der Waals surface area contributed by atoms with E-state index in [-0.39, 0.29) is 17.9 Å². The van der Waals surface area contributed by atoms with Gasteiger partial charge in [-0.3, -0.25) is 4.79 Å². The lowest BCUT2D eigenvalue weighted by atomic mass is 10.1. The second-order valence-corrected chi connectivity index (χ2v) is 6.59. The second kappa shape index (κ2) is 5.60. The predicted molar refractivity (Wildman–Crippen MR) is 76.2 cm³/mol. The standard InChI is InChI=1S/C14H15NO4S/c15-8-7-13(14(16)17)20(18,19)12-6-5-10-3-1-2-4-11(10)9-12/h1-6,9,13H,7-8,15H2,(H,16,17). The molecule has 0 radical (unpaired) electrons. The molecule has 1 unspecified atom stereocenters. The maximum Gasteiger partial charge on any atom is 0.322 e. The second-order valence-electron chi connectivity index (χ2n) is 4.46. The Hall–Kier alpha value is -1.92. The van der Waals surface area contributed by atoms with Crippen LogP contribution in [0.15, 0.2) is 47.4 Å². The molecule has 0 bridgehead atoms. The van der Waals surface area contributed by atoms with Crippen molar-refractivity contribution in [3.8, 4) is 0 Å². The monoisotopic (exact) mass is 293 g/mol. The molecule has 3 N–H and O–H groups in total. The minimum absolute atomic E-state index is 0.00375. The van der Waals surface area contributed by atoms with Crippen molar-refractivity contribution in [2.45, 2.75) is 16.6 Å². The topological polar surface area (TPSA) is 97.5 Å². The smallest absolute Gasteiger partial charge is 0.322 e. The van der Waals surface area contributed by atoms with E-state index in [1.807, 2.05) is 12.1 Å². The molecule has 0 aromatic heterocycles. The van der Waals surface area contributed by atoms with Gasteiger partial charge in [-0.2, -0.15) is 0 Å². The molecule has 20 heavy (non-hydrogen) atoms. The summed E-state index contributed by atoms with van der Waals surface area (Å²) in [4.78, 5) is 11.1. The van der Waals surface area contributed by atoms with Gasteiger partial charge in [0.1, 0.15) is 0 Å². The quantitative estimate of drug-likeness (QED) is 0.868. The van der Waals surface area contributed by atoms with Crippen molar-refractivity contribution < 1.29 is 18.3 Å². The largest absolute Gasteiger partial charge is 0.480 e. The molecule has 2 aromatic rings. The first-order chi connectivity index (χ1) is 9.46. The molecule has 0 aliphatic heterocycles. The molecule has 0 fully saturated rings. The number of carboxylic acid groups (broad SMARTS) is 1. The Morgan fingerprint density at radius 3 is 2.40 bits per heavy atom. The van der Waals surface area contributed by atoms with Crippen molar-refractivity contribution >= 4 is 26.6 Å². The summed E-state index contributed by atoms with van der Waals surface area (Å²) in [6, 6.07) is 11.9. The van der Waals surface area contributed by atoms with E-state index in [0.717, 1.165) is 10.8 Å². The molecule has 0 aliphatic rings. The summed E-state index contributed by atoms with van der Waals surface area (Å²) < 4.78 is 24.7. The molecule has 0 spiro atoms. The van der Waals surface area contributed by atoms with E-state index in [9.17, 15) is 13.2 Å². The molecule has 2 aromatic carbocycles. The van der Waals surface area contributed by atoms with Crippen molar-refractivity contribution in [2.75, 3.05) is 6.54 Å². The first kappa shape index (κ1) is 14.5.